The highest BCUT2D eigenvalue weighted by Gasteiger charge is 2.40. The first kappa shape index (κ1) is 11.3. The minimum atomic E-state index is -1.29. The predicted octanol–water partition coefficient (Wildman–Crippen LogP) is 1.40. The molecule has 2 rings (SSSR count). The van der Waals surface area contributed by atoms with Crippen molar-refractivity contribution >= 4 is 17.8 Å². The van der Waals surface area contributed by atoms with Gasteiger partial charge in [-0.25, -0.2) is 9.69 Å². The SMILES string of the molecule is O=C(c1ccccc1)C1CCN(C(=O)O)C1=O. The van der Waals surface area contributed by atoms with Crippen molar-refractivity contribution in [1.29, 1.82) is 0 Å². The number of rotatable bonds is 2. The van der Waals surface area contributed by atoms with E-state index in [-0.39, 0.29) is 18.7 Å². The van der Waals surface area contributed by atoms with Crippen LogP contribution in [0.25, 0.3) is 0 Å². The summed E-state index contributed by atoms with van der Waals surface area (Å²) < 4.78 is 0. The maximum atomic E-state index is 12.0. The number of ketones is 1. The Morgan fingerprint density at radius 1 is 1.24 bits per heavy atom. The second-order valence-electron chi connectivity index (χ2n) is 3.84. The number of carbonyl (C=O) groups is 3. The normalized spacial score (nSPS) is 19.4. The Labute approximate surface area is 97.7 Å². The second kappa shape index (κ2) is 4.37. The molecule has 0 bridgehead atoms. The van der Waals surface area contributed by atoms with Crippen molar-refractivity contribution in [2.45, 2.75) is 6.42 Å². The lowest BCUT2D eigenvalue weighted by molar-refractivity contribution is -0.127. The highest BCUT2D eigenvalue weighted by atomic mass is 16.4. The van der Waals surface area contributed by atoms with Gasteiger partial charge < -0.3 is 5.11 Å². The van der Waals surface area contributed by atoms with Crippen LogP contribution in [0.2, 0.25) is 0 Å². The predicted molar refractivity (Wildman–Crippen MR) is 58.6 cm³/mol. The standard InChI is InChI=1S/C12H11NO4/c14-10(8-4-2-1-3-5-8)9-6-7-13(11(9)15)12(16)17/h1-5,9H,6-7H2,(H,16,17). The molecule has 0 aliphatic carbocycles. The van der Waals surface area contributed by atoms with Gasteiger partial charge >= 0.3 is 6.09 Å². The van der Waals surface area contributed by atoms with Crippen LogP contribution in [0.1, 0.15) is 16.8 Å². The van der Waals surface area contributed by atoms with E-state index in [0.717, 1.165) is 0 Å². The van der Waals surface area contributed by atoms with Gasteiger partial charge in [0.25, 0.3) is 0 Å². The molecule has 1 N–H and O–H groups in total. The van der Waals surface area contributed by atoms with E-state index in [1.54, 1.807) is 30.3 Å². The van der Waals surface area contributed by atoms with E-state index in [1.807, 2.05) is 0 Å². The topological polar surface area (TPSA) is 74.7 Å². The van der Waals surface area contributed by atoms with Gasteiger partial charge in [0.1, 0.15) is 5.92 Å². The van der Waals surface area contributed by atoms with Crippen LogP contribution in [0.3, 0.4) is 0 Å². The molecule has 1 atom stereocenters. The van der Waals surface area contributed by atoms with Gasteiger partial charge in [-0.2, -0.15) is 0 Å². The molecule has 1 saturated heterocycles. The average Bonchev–Trinajstić information content (AvgIpc) is 2.71. The number of hydrogen-bond donors (Lipinski definition) is 1. The lowest BCUT2D eigenvalue weighted by Crippen LogP contribution is -2.34. The first-order chi connectivity index (χ1) is 8.11. The monoisotopic (exact) mass is 233 g/mol. The van der Waals surface area contributed by atoms with Crippen LogP contribution in [0.15, 0.2) is 30.3 Å². The van der Waals surface area contributed by atoms with Gasteiger partial charge in [-0.15, -0.1) is 0 Å². The summed E-state index contributed by atoms with van der Waals surface area (Å²) in [6.07, 6.45) is -1.03. The first-order valence-electron chi connectivity index (χ1n) is 5.25. The second-order valence-corrected chi connectivity index (χ2v) is 3.84. The van der Waals surface area contributed by atoms with Crippen molar-refractivity contribution in [2.75, 3.05) is 6.54 Å². The summed E-state index contributed by atoms with van der Waals surface area (Å²) in [4.78, 5) is 35.1. The summed E-state index contributed by atoms with van der Waals surface area (Å²) in [5.41, 5.74) is 0.443. The number of carboxylic acid groups (broad SMARTS) is 1. The van der Waals surface area contributed by atoms with Crippen LogP contribution in [-0.4, -0.2) is 34.3 Å². The number of imide groups is 1. The van der Waals surface area contributed by atoms with Crippen LogP contribution < -0.4 is 0 Å². The van der Waals surface area contributed by atoms with Crippen LogP contribution in [-0.2, 0) is 4.79 Å². The van der Waals surface area contributed by atoms with Gasteiger partial charge in [0.05, 0.1) is 0 Å². The number of carbonyl (C=O) groups excluding carboxylic acids is 2. The Morgan fingerprint density at radius 2 is 1.88 bits per heavy atom. The lowest BCUT2D eigenvalue weighted by atomic mass is 9.96. The van der Waals surface area contributed by atoms with E-state index < -0.39 is 17.9 Å². The van der Waals surface area contributed by atoms with E-state index in [9.17, 15) is 14.4 Å². The number of hydrogen-bond acceptors (Lipinski definition) is 3. The Bertz CT molecular complexity index is 469. The summed E-state index contributed by atoms with van der Waals surface area (Å²) in [6.45, 7) is 0.0946. The number of amides is 2. The van der Waals surface area contributed by atoms with E-state index in [4.69, 9.17) is 5.11 Å². The van der Waals surface area contributed by atoms with Crippen LogP contribution in [0.5, 0.6) is 0 Å². The van der Waals surface area contributed by atoms with Crippen molar-refractivity contribution < 1.29 is 19.5 Å². The summed E-state index contributed by atoms with van der Waals surface area (Å²) >= 11 is 0. The van der Waals surface area contributed by atoms with E-state index >= 15 is 0 Å². The number of benzene rings is 1. The van der Waals surface area contributed by atoms with E-state index in [1.165, 1.54) is 0 Å². The van der Waals surface area contributed by atoms with Crippen molar-refractivity contribution in [2.24, 2.45) is 5.92 Å². The molecule has 1 unspecified atom stereocenters. The molecule has 1 aliphatic rings. The molecule has 5 nitrogen and oxygen atoms in total. The molecule has 2 amide bonds. The minimum absolute atomic E-state index is 0.0946. The van der Waals surface area contributed by atoms with Gasteiger partial charge in [0.15, 0.2) is 5.78 Å². The fourth-order valence-corrected chi connectivity index (χ4v) is 1.92. The maximum Gasteiger partial charge on any atom is 0.414 e. The molecule has 1 aromatic rings. The molecule has 17 heavy (non-hydrogen) atoms. The number of Topliss-reactive ketones (excluding diaryl/α,β-unsaturated/α-hetero) is 1. The highest BCUT2D eigenvalue weighted by molar-refractivity contribution is 6.13. The summed E-state index contributed by atoms with van der Waals surface area (Å²) in [7, 11) is 0. The van der Waals surface area contributed by atoms with Gasteiger partial charge in [0.2, 0.25) is 5.91 Å². The third-order valence-corrected chi connectivity index (χ3v) is 2.81. The maximum absolute atomic E-state index is 12.0. The van der Waals surface area contributed by atoms with Crippen molar-refractivity contribution in [3.05, 3.63) is 35.9 Å². The Kier molecular flexibility index (Phi) is 2.91. The molecule has 88 valence electrons. The third kappa shape index (κ3) is 2.04. The quantitative estimate of drug-likeness (QED) is 0.618. The van der Waals surface area contributed by atoms with Crippen LogP contribution >= 0.6 is 0 Å². The molecular formula is C12H11NO4. The van der Waals surface area contributed by atoms with Crippen molar-refractivity contribution in [3.63, 3.8) is 0 Å². The highest BCUT2D eigenvalue weighted by Crippen LogP contribution is 2.22. The summed E-state index contributed by atoms with van der Waals surface area (Å²) in [5, 5.41) is 8.75. The van der Waals surface area contributed by atoms with Gasteiger partial charge in [-0.1, -0.05) is 30.3 Å². The molecule has 0 radical (unpaired) electrons. The van der Waals surface area contributed by atoms with Crippen LogP contribution in [0.4, 0.5) is 4.79 Å². The van der Waals surface area contributed by atoms with Crippen molar-refractivity contribution in [3.8, 4) is 0 Å². The molecule has 5 heteroatoms. The van der Waals surface area contributed by atoms with E-state index in [0.29, 0.717) is 10.5 Å². The number of likely N-dealkylation sites (tertiary alicyclic amines) is 1. The van der Waals surface area contributed by atoms with Crippen molar-refractivity contribution in [1.82, 2.24) is 4.90 Å². The molecule has 0 saturated carbocycles. The minimum Gasteiger partial charge on any atom is -0.465 e. The molecule has 0 spiro atoms. The largest absolute Gasteiger partial charge is 0.465 e. The Hall–Kier alpha value is -2.17. The van der Waals surface area contributed by atoms with Gasteiger partial charge in [-0.05, 0) is 6.42 Å². The molecule has 1 fully saturated rings. The fourth-order valence-electron chi connectivity index (χ4n) is 1.92. The molecule has 1 heterocycles. The number of nitrogens with zero attached hydrogens (tertiary/aromatic N) is 1. The zero-order chi connectivity index (χ0) is 12.4. The zero-order valence-electron chi connectivity index (χ0n) is 9.00. The third-order valence-electron chi connectivity index (χ3n) is 2.81. The summed E-state index contributed by atoms with van der Waals surface area (Å²) in [5.74, 6) is -1.78. The Balaban J connectivity index is 2.18. The smallest absolute Gasteiger partial charge is 0.414 e. The molecule has 0 aromatic heterocycles. The molecule has 1 aromatic carbocycles. The fraction of sp³-hybridized carbons (Fsp3) is 0.250. The van der Waals surface area contributed by atoms with Gasteiger partial charge in [-0.3, -0.25) is 9.59 Å². The van der Waals surface area contributed by atoms with Gasteiger partial charge in [0, 0.05) is 12.1 Å². The van der Waals surface area contributed by atoms with E-state index in [2.05, 4.69) is 0 Å². The Morgan fingerprint density at radius 3 is 2.41 bits per heavy atom. The molecular weight excluding hydrogens is 222 g/mol. The molecule has 1 aliphatic heterocycles. The first-order valence-corrected chi connectivity index (χ1v) is 5.25. The zero-order valence-corrected chi connectivity index (χ0v) is 9.00. The summed E-state index contributed by atoms with van der Waals surface area (Å²) in [6, 6.07) is 8.44. The average molecular weight is 233 g/mol. The lowest BCUT2D eigenvalue weighted by Gasteiger charge is -2.09. The van der Waals surface area contributed by atoms with Crippen LogP contribution in [0, 0.1) is 5.92 Å².